The maximum absolute atomic E-state index is 5.84. The van der Waals surface area contributed by atoms with E-state index in [9.17, 15) is 0 Å². The summed E-state index contributed by atoms with van der Waals surface area (Å²) in [5.74, 6) is 2.61. The van der Waals surface area contributed by atoms with Gasteiger partial charge in [-0.2, -0.15) is 5.10 Å². The van der Waals surface area contributed by atoms with Gasteiger partial charge in [-0.15, -0.1) is 0 Å². The average molecular weight is 352 g/mol. The fourth-order valence-electron chi connectivity index (χ4n) is 3.33. The second-order valence-corrected chi connectivity index (χ2v) is 6.86. The Balaban J connectivity index is 1.55. The van der Waals surface area contributed by atoms with Crippen molar-refractivity contribution in [2.24, 2.45) is 0 Å². The van der Waals surface area contributed by atoms with Gasteiger partial charge in [0.2, 0.25) is 0 Å². The second kappa shape index (κ2) is 6.55. The van der Waals surface area contributed by atoms with Crippen molar-refractivity contribution in [2.75, 3.05) is 18.6 Å². The summed E-state index contributed by atoms with van der Waals surface area (Å²) in [6, 6.07) is 4.44. The van der Waals surface area contributed by atoms with Crippen LogP contribution in [-0.4, -0.2) is 44.3 Å². The SMILES string of the molecule is CCC1COc2ccc(CCc3nc4c(C)ncc(C)n4n3)nc2N1C. The Kier molecular flexibility index (Phi) is 4.22. The number of aromatic nitrogens is 5. The van der Waals surface area contributed by atoms with Crippen molar-refractivity contribution in [2.45, 2.75) is 46.1 Å². The number of hydrogen-bond donors (Lipinski definition) is 0. The molecule has 136 valence electrons. The lowest BCUT2D eigenvalue weighted by atomic mass is 10.1. The molecule has 26 heavy (non-hydrogen) atoms. The van der Waals surface area contributed by atoms with E-state index in [1.165, 1.54) is 0 Å². The summed E-state index contributed by atoms with van der Waals surface area (Å²) in [4.78, 5) is 16.0. The summed E-state index contributed by atoms with van der Waals surface area (Å²) in [5, 5.41) is 4.62. The molecule has 4 heterocycles. The standard InChI is InChI=1S/C19H24N6O/c1-5-15-11-26-16-8-6-14(21-19(16)24(15)4)7-9-17-22-18-13(3)20-10-12(2)25(18)23-17/h6,8,10,15H,5,7,9,11H2,1-4H3. The van der Waals surface area contributed by atoms with Gasteiger partial charge in [-0.05, 0) is 38.8 Å². The summed E-state index contributed by atoms with van der Waals surface area (Å²) in [6.45, 7) is 6.84. The van der Waals surface area contributed by atoms with Gasteiger partial charge in [0.1, 0.15) is 6.61 Å². The van der Waals surface area contributed by atoms with E-state index in [1.54, 1.807) is 0 Å². The van der Waals surface area contributed by atoms with Gasteiger partial charge in [0, 0.05) is 25.4 Å². The van der Waals surface area contributed by atoms with Crippen molar-refractivity contribution in [1.29, 1.82) is 0 Å². The number of ether oxygens (including phenoxy) is 1. The highest BCUT2D eigenvalue weighted by atomic mass is 16.5. The van der Waals surface area contributed by atoms with Crippen LogP contribution in [0.3, 0.4) is 0 Å². The molecule has 0 spiro atoms. The molecule has 0 bridgehead atoms. The molecular weight excluding hydrogens is 328 g/mol. The fourth-order valence-corrected chi connectivity index (χ4v) is 3.33. The van der Waals surface area contributed by atoms with Crippen LogP contribution in [0.25, 0.3) is 5.65 Å². The predicted octanol–water partition coefficient (Wildman–Crippen LogP) is 2.53. The molecule has 1 unspecified atom stereocenters. The number of rotatable bonds is 4. The van der Waals surface area contributed by atoms with Crippen molar-refractivity contribution in [3.63, 3.8) is 0 Å². The van der Waals surface area contributed by atoms with Crippen LogP contribution in [0.4, 0.5) is 5.82 Å². The molecule has 1 aliphatic heterocycles. The number of nitrogens with zero attached hydrogens (tertiary/aromatic N) is 6. The zero-order valence-electron chi connectivity index (χ0n) is 15.7. The topological polar surface area (TPSA) is 68.4 Å². The summed E-state index contributed by atoms with van der Waals surface area (Å²) in [6.07, 6.45) is 4.40. The molecule has 4 rings (SSSR count). The van der Waals surface area contributed by atoms with Crippen LogP contribution in [0.15, 0.2) is 18.3 Å². The van der Waals surface area contributed by atoms with Gasteiger partial charge in [-0.3, -0.25) is 4.98 Å². The molecular formula is C19H24N6O. The zero-order chi connectivity index (χ0) is 18.3. The number of pyridine rings is 1. The molecule has 0 aliphatic carbocycles. The Morgan fingerprint density at radius 1 is 1.19 bits per heavy atom. The minimum absolute atomic E-state index is 0.379. The molecule has 3 aromatic rings. The number of hydrogen-bond acceptors (Lipinski definition) is 6. The van der Waals surface area contributed by atoms with Crippen molar-refractivity contribution in [3.05, 3.63) is 41.2 Å². The van der Waals surface area contributed by atoms with Gasteiger partial charge in [0.25, 0.3) is 0 Å². The van der Waals surface area contributed by atoms with E-state index >= 15 is 0 Å². The van der Waals surface area contributed by atoms with Crippen molar-refractivity contribution in [1.82, 2.24) is 24.6 Å². The molecule has 0 radical (unpaired) electrons. The maximum Gasteiger partial charge on any atom is 0.177 e. The summed E-state index contributed by atoms with van der Waals surface area (Å²) >= 11 is 0. The van der Waals surface area contributed by atoms with Gasteiger partial charge in [-0.1, -0.05) is 6.92 Å². The lowest BCUT2D eigenvalue weighted by molar-refractivity contribution is 0.260. The zero-order valence-corrected chi connectivity index (χ0v) is 15.7. The van der Waals surface area contributed by atoms with Crippen molar-refractivity contribution in [3.8, 4) is 5.75 Å². The van der Waals surface area contributed by atoms with Crippen LogP contribution in [0.2, 0.25) is 0 Å². The van der Waals surface area contributed by atoms with Crippen molar-refractivity contribution >= 4 is 11.5 Å². The monoisotopic (exact) mass is 352 g/mol. The number of anilines is 1. The fraction of sp³-hybridized carbons (Fsp3) is 0.474. The normalized spacial score (nSPS) is 16.6. The third kappa shape index (κ3) is 2.87. The molecule has 0 N–H and O–H groups in total. The van der Waals surface area contributed by atoms with Gasteiger partial charge < -0.3 is 9.64 Å². The molecule has 0 amide bonds. The molecule has 3 aromatic heterocycles. The number of fused-ring (bicyclic) bond motifs is 2. The van der Waals surface area contributed by atoms with Gasteiger partial charge in [0.05, 0.1) is 17.4 Å². The smallest absolute Gasteiger partial charge is 0.177 e. The van der Waals surface area contributed by atoms with Crippen molar-refractivity contribution < 1.29 is 4.74 Å². The molecule has 0 aromatic carbocycles. The highest BCUT2D eigenvalue weighted by molar-refractivity contribution is 5.55. The molecule has 7 nitrogen and oxygen atoms in total. The van der Waals surface area contributed by atoms with Crippen LogP contribution >= 0.6 is 0 Å². The minimum Gasteiger partial charge on any atom is -0.488 e. The van der Waals surface area contributed by atoms with E-state index < -0.39 is 0 Å². The molecule has 1 atom stereocenters. The first-order valence-electron chi connectivity index (χ1n) is 9.10. The lowest BCUT2D eigenvalue weighted by Gasteiger charge is -2.34. The number of aryl methyl sites for hydroxylation is 4. The quantitative estimate of drug-likeness (QED) is 0.719. The third-order valence-electron chi connectivity index (χ3n) is 5.04. The van der Waals surface area contributed by atoms with E-state index in [4.69, 9.17) is 9.72 Å². The van der Waals surface area contributed by atoms with E-state index in [1.807, 2.05) is 36.7 Å². The van der Waals surface area contributed by atoms with E-state index in [0.29, 0.717) is 6.04 Å². The van der Waals surface area contributed by atoms with Gasteiger partial charge in [-0.25, -0.2) is 14.5 Å². The van der Waals surface area contributed by atoms with Gasteiger partial charge in [0.15, 0.2) is 23.0 Å². The predicted molar refractivity (Wildman–Crippen MR) is 99.9 cm³/mol. The molecule has 7 heteroatoms. The van der Waals surface area contributed by atoms with E-state index in [0.717, 1.165) is 66.0 Å². The average Bonchev–Trinajstić information content (AvgIpc) is 3.09. The molecule has 0 saturated carbocycles. The minimum atomic E-state index is 0.379. The highest BCUT2D eigenvalue weighted by Gasteiger charge is 2.24. The Morgan fingerprint density at radius 2 is 2.04 bits per heavy atom. The number of likely N-dealkylation sites (N-methyl/N-ethyl adjacent to an activating group) is 1. The molecule has 1 aliphatic rings. The first-order chi connectivity index (χ1) is 12.6. The first kappa shape index (κ1) is 16.8. The second-order valence-electron chi connectivity index (χ2n) is 6.86. The summed E-state index contributed by atoms with van der Waals surface area (Å²) in [7, 11) is 2.09. The van der Waals surface area contributed by atoms with Crippen LogP contribution in [-0.2, 0) is 12.8 Å². The molecule has 0 saturated heterocycles. The molecule has 0 fully saturated rings. The Labute approximate surface area is 153 Å². The first-order valence-corrected chi connectivity index (χ1v) is 9.10. The van der Waals surface area contributed by atoms with Crippen LogP contribution < -0.4 is 9.64 Å². The van der Waals surface area contributed by atoms with Crippen LogP contribution in [0, 0.1) is 13.8 Å². The third-order valence-corrected chi connectivity index (χ3v) is 5.04. The summed E-state index contributed by atoms with van der Waals surface area (Å²) < 4.78 is 7.71. The van der Waals surface area contributed by atoms with Gasteiger partial charge >= 0.3 is 0 Å². The Morgan fingerprint density at radius 3 is 2.81 bits per heavy atom. The maximum atomic E-state index is 5.84. The lowest BCUT2D eigenvalue weighted by Crippen LogP contribution is -2.40. The Bertz CT molecular complexity index is 912. The highest BCUT2D eigenvalue weighted by Crippen LogP contribution is 2.32. The van der Waals surface area contributed by atoms with E-state index in [-0.39, 0.29) is 0 Å². The van der Waals surface area contributed by atoms with Crippen LogP contribution in [0.5, 0.6) is 5.75 Å². The Hall–Kier alpha value is -2.70. The largest absolute Gasteiger partial charge is 0.488 e. The summed E-state index contributed by atoms with van der Waals surface area (Å²) in [5.41, 5.74) is 3.74. The van der Waals surface area contributed by atoms with E-state index in [2.05, 4.69) is 33.9 Å². The van der Waals surface area contributed by atoms with Crippen LogP contribution in [0.1, 0.15) is 36.3 Å².